The predicted octanol–water partition coefficient (Wildman–Crippen LogP) is 3.41. The molecule has 0 bridgehead atoms. The molecule has 2 aromatic carbocycles. The number of rotatable bonds is 7. The van der Waals surface area contributed by atoms with Crippen molar-refractivity contribution in [1.29, 1.82) is 5.26 Å². The van der Waals surface area contributed by atoms with Crippen molar-refractivity contribution in [3.05, 3.63) is 53.2 Å². The highest BCUT2D eigenvalue weighted by Gasteiger charge is 2.35. The van der Waals surface area contributed by atoms with Crippen molar-refractivity contribution < 1.29 is 19.7 Å². The van der Waals surface area contributed by atoms with Crippen LogP contribution in [0.15, 0.2) is 36.4 Å². The van der Waals surface area contributed by atoms with Gasteiger partial charge in [0.25, 0.3) is 0 Å². The van der Waals surface area contributed by atoms with Gasteiger partial charge in [-0.15, -0.1) is 0 Å². The first-order valence-electron chi connectivity index (χ1n) is 14.2. The molecule has 3 aliphatic rings. The number of hydrogen-bond acceptors (Lipinski definition) is 9. The van der Waals surface area contributed by atoms with Crippen molar-refractivity contribution in [2.24, 2.45) is 0 Å². The maximum Gasteiger partial charge on any atom is 0.407 e. The number of fused-ring (bicyclic) bond motifs is 2. The average Bonchev–Trinajstić information content (AvgIpc) is 3.56. The van der Waals surface area contributed by atoms with E-state index in [0.29, 0.717) is 57.9 Å². The lowest BCUT2D eigenvalue weighted by Crippen LogP contribution is -2.55. The van der Waals surface area contributed by atoms with Gasteiger partial charge >= 0.3 is 12.1 Å². The van der Waals surface area contributed by atoms with E-state index in [4.69, 9.17) is 14.7 Å². The van der Waals surface area contributed by atoms with Crippen LogP contribution in [0.4, 0.5) is 10.6 Å². The second-order valence-corrected chi connectivity index (χ2v) is 11.2. The number of hydrogen-bond donors (Lipinski definition) is 2. The Labute approximate surface area is 239 Å². The molecule has 0 spiro atoms. The number of likely N-dealkylation sites (N-methyl/N-ethyl adjacent to an activating group) is 1. The molecule has 0 saturated carbocycles. The fourth-order valence-corrected chi connectivity index (χ4v) is 6.43. The topological polar surface area (TPSA) is 129 Å². The van der Waals surface area contributed by atoms with Gasteiger partial charge < -0.3 is 29.6 Å². The van der Waals surface area contributed by atoms with Crippen LogP contribution in [0.5, 0.6) is 11.8 Å². The number of aromatic hydroxyl groups is 1. The fraction of sp³-hybridized carbons (Fsp3) is 0.467. The zero-order valence-electron chi connectivity index (χ0n) is 23.2. The van der Waals surface area contributed by atoms with Crippen molar-refractivity contribution in [3.63, 3.8) is 0 Å². The quantitative estimate of drug-likeness (QED) is 0.446. The Hall–Kier alpha value is -4.14. The van der Waals surface area contributed by atoms with Crippen LogP contribution >= 0.6 is 0 Å². The summed E-state index contributed by atoms with van der Waals surface area (Å²) in [6.07, 6.45) is 1.33. The lowest BCUT2D eigenvalue weighted by molar-refractivity contribution is 0.119. The summed E-state index contributed by atoms with van der Waals surface area (Å²) >= 11 is 0. The number of phenols is 1. The molecule has 11 nitrogen and oxygen atoms in total. The standard InChI is InChI=1S/C30H35N7O4/c1-34-12-4-8-23(34)19-41-29-32-25-18-35(15-21-7-2-5-20-6-3-9-26(38)27(20)21)17-24(25)28(33-29)36-13-14-37(30(39)40)22(16-36)10-11-31/h2-3,5-7,9,22-23,38H,4,8,10,12-19H2,1H3,(H,39,40). The maximum absolute atomic E-state index is 11.8. The Balaban J connectivity index is 1.29. The van der Waals surface area contributed by atoms with E-state index in [2.05, 4.69) is 27.8 Å². The molecule has 2 saturated heterocycles. The van der Waals surface area contributed by atoms with Crippen LogP contribution in [-0.2, 0) is 19.6 Å². The number of benzene rings is 2. The molecule has 2 unspecified atom stereocenters. The normalized spacial score (nSPS) is 21.3. The number of carbonyl (C=O) groups is 1. The number of phenolic OH excluding ortho intramolecular Hbond substituents is 1. The smallest absolute Gasteiger partial charge is 0.407 e. The van der Waals surface area contributed by atoms with Gasteiger partial charge in [-0.05, 0) is 43.5 Å². The molecule has 2 N–H and O–H groups in total. The third-order valence-corrected chi connectivity index (χ3v) is 8.60. The summed E-state index contributed by atoms with van der Waals surface area (Å²) in [6, 6.07) is 14.0. The number of amides is 1. The van der Waals surface area contributed by atoms with Crippen LogP contribution in [0.2, 0.25) is 0 Å². The number of anilines is 1. The fourth-order valence-electron chi connectivity index (χ4n) is 6.43. The first-order valence-corrected chi connectivity index (χ1v) is 14.2. The number of likely N-dealkylation sites (tertiary alicyclic amines) is 1. The van der Waals surface area contributed by atoms with Crippen LogP contribution in [0.25, 0.3) is 10.8 Å². The number of nitrogens with zero attached hydrogens (tertiary/aromatic N) is 7. The summed E-state index contributed by atoms with van der Waals surface area (Å²) in [5.74, 6) is 1.02. The monoisotopic (exact) mass is 557 g/mol. The molecule has 4 heterocycles. The molecule has 0 radical (unpaired) electrons. The molecule has 2 atom stereocenters. The van der Waals surface area contributed by atoms with Gasteiger partial charge in [0.1, 0.15) is 18.2 Å². The Morgan fingerprint density at radius 1 is 1.12 bits per heavy atom. The summed E-state index contributed by atoms with van der Waals surface area (Å²) < 4.78 is 6.18. The zero-order valence-corrected chi connectivity index (χ0v) is 23.2. The van der Waals surface area contributed by atoms with E-state index in [0.717, 1.165) is 52.8 Å². The van der Waals surface area contributed by atoms with E-state index in [9.17, 15) is 20.3 Å². The van der Waals surface area contributed by atoms with Gasteiger partial charge in [-0.25, -0.2) is 4.79 Å². The molecule has 0 aliphatic carbocycles. The SMILES string of the molecule is CN1CCCC1COc1nc2c(c(N3CCN(C(=O)O)C(CC#N)C3)n1)CN(Cc1cccc3cccc(O)c13)C2. The predicted molar refractivity (Wildman–Crippen MR) is 153 cm³/mol. The van der Waals surface area contributed by atoms with E-state index in [-0.39, 0.29) is 12.2 Å². The lowest BCUT2D eigenvalue weighted by Gasteiger charge is -2.40. The molecule has 1 amide bonds. The van der Waals surface area contributed by atoms with Gasteiger partial charge in [0.05, 0.1) is 24.2 Å². The molecule has 11 heteroatoms. The van der Waals surface area contributed by atoms with E-state index in [1.807, 2.05) is 30.3 Å². The van der Waals surface area contributed by atoms with Crippen LogP contribution < -0.4 is 9.64 Å². The van der Waals surface area contributed by atoms with Crippen molar-refractivity contribution in [3.8, 4) is 17.8 Å². The minimum atomic E-state index is -1.01. The minimum absolute atomic E-state index is 0.115. The van der Waals surface area contributed by atoms with E-state index >= 15 is 0 Å². The average molecular weight is 558 g/mol. The highest BCUT2D eigenvalue weighted by atomic mass is 16.5. The second-order valence-electron chi connectivity index (χ2n) is 11.2. The molecule has 1 aromatic heterocycles. The molecule has 3 aromatic rings. The number of piperazine rings is 1. The number of aromatic nitrogens is 2. The lowest BCUT2D eigenvalue weighted by atomic mass is 10.0. The third kappa shape index (κ3) is 5.45. The zero-order chi connectivity index (χ0) is 28.5. The number of carboxylic acid groups (broad SMARTS) is 1. The summed E-state index contributed by atoms with van der Waals surface area (Å²) in [4.78, 5) is 29.6. The van der Waals surface area contributed by atoms with Gasteiger partial charge in [0, 0.05) is 56.3 Å². The highest BCUT2D eigenvalue weighted by molar-refractivity contribution is 5.91. The van der Waals surface area contributed by atoms with Gasteiger partial charge in [-0.1, -0.05) is 30.3 Å². The van der Waals surface area contributed by atoms with Crippen LogP contribution in [0.3, 0.4) is 0 Å². The van der Waals surface area contributed by atoms with Crippen LogP contribution in [0.1, 0.15) is 36.1 Å². The van der Waals surface area contributed by atoms with Gasteiger partial charge in [-0.2, -0.15) is 15.2 Å². The third-order valence-electron chi connectivity index (χ3n) is 8.60. The Bertz CT molecular complexity index is 1490. The van der Waals surface area contributed by atoms with E-state index in [1.54, 1.807) is 6.07 Å². The summed E-state index contributed by atoms with van der Waals surface area (Å²) in [5, 5.41) is 31.5. The maximum atomic E-state index is 11.8. The molecular formula is C30H35N7O4. The van der Waals surface area contributed by atoms with E-state index < -0.39 is 12.1 Å². The first-order chi connectivity index (χ1) is 19.9. The van der Waals surface area contributed by atoms with Crippen molar-refractivity contribution in [1.82, 2.24) is 24.7 Å². The van der Waals surface area contributed by atoms with Crippen LogP contribution in [0, 0.1) is 11.3 Å². The van der Waals surface area contributed by atoms with Gasteiger partial charge in [0.2, 0.25) is 0 Å². The summed E-state index contributed by atoms with van der Waals surface area (Å²) in [5.41, 5.74) is 2.93. The molecule has 41 heavy (non-hydrogen) atoms. The van der Waals surface area contributed by atoms with Gasteiger partial charge in [-0.3, -0.25) is 4.90 Å². The highest BCUT2D eigenvalue weighted by Crippen LogP contribution is 2.35. The van der Waals surface area contributed by atoms with Gasteiger partial charge in [0.15, 0.2) is 0 Å². The summed E-state index contributed by atoms with van der Waals surface area (Å²) in [6.45, 7) is 4.55. The largest absolute Gasteiger partial charge is 0.507 e. The molecule has 6 rings (SSSR count). The Kier molecular flexibility index (Phi) is 7.51. The molecule has 214 valence electrons. The first kappa shape index (κ1) is 27.1. The number of ether oxygens (including phenoxy) is 1. The molecular weight excluding hydrogens is 522 g/mol. The Morgan fingerprint density at radius 3 is 2.71 bits per heavy atom. The number of nitriles is 1. The molecule has 2 fully saturated rings. The van der Waals surface area contributed by atoms with Crippen LogP contribution in [-0.4, -0.2) is 92.9 Å². The molecule has 3 aliphatic heterocycles. The van der Waals surface area contributed by atoms with Crippen molar-refractivity contribution in [2.45, 2.75) is 51.0 Å². The minimum Gasteiger partial charge on any atom is -0.507 e. The Morgan fingerprint density at radius 2 is 1.95 bits per heavy atom. The van der Waals surface area contributed by atoms with E-state index in [1.165, 1.54) is 4.90 Å². The second kappa shape index (κ2) is 11.4. The summed E-state index contributed by atoms with van der Waals surface area (Å²) in [7, 11) is 2.11. The van der Waals surface area contributed by atoms with Crippen molar-refractivity contribution in [2.75, 3.05) is 44.7 Å². The van der Waals surface area contributed by atoms with Crippen molar-refractivity contribution >= 4 is 22.7 Å².